The molecule has 0 radical (unpaired) electrons. The minimum atomic E-state index is -0.899. The Bertz CT molecular complexity index is 175. The number of quaternary nitrogens is 1. The van der Waals surface area contributed by atoms with Crippen molar-refractivity contribution in [2.24, 2.45) is 0 Å². The molecule has 4 heteroatoms. The number of methoxy groups -OCH3 is 1. The van der Waals surface area contributed by atoms with Crippen molar-refractivity contribution < 1.29 is 18.7 Å². The van der Waals surface area contributed by atoms with Crippen molar-refractivity contribution in [2.75, 3.05) is 47.0 Å². The summed E-state index contributed by atoms with van der Waals surface area (Å²) in [5.41, 5.74) is 0. The third-order valence-corrected chi connectivity index (χ3v) is 3.14. The van der Waals surface area contributed by atoms with E-state index in [0.717, 1.165) is 17.6 Å². The van der Waals surface area contributed by atoms with Crippen LogP contribution >= 0.6 is 0 Å². The van der Waals surface area contributed by atoms with Crippen LogP contribution in [0.5, 0.6) is 0 Å². The van der Waals surface area contributed by atoms with Crippen LogP contribution in [0.3, 0.4) is 0 Å². The van der Waals surface area contributed by atoms with Gasteiger partial charge in [-0.15, -0.1) is 0 Å². The van der Waals surface area contributed by atoms with Crippen molar-refractivity contribution >= 4 is 0 Å². The van der Waals surface area contributed by atoms with Crippen molar-refractivity contribution in [3.05, 3.63) is 0 Å². The van der Waals surface area contributed by atoms with Gasteiger partial charge in [0.15, 0.2) is 6.54 Å². The van der Waals surface area contributed by atoms with Gasteiger partial charge in [-0.05, 0) is 27.7 Å². The number of likely N-dealkylation sites (N-methyl/N-ethyl adjacent to an activating group) is 1. The lowest BCUT2D eigenvalue weighted by Gasteiger charge is -2.40. The van der Waals surface area contributed by atoms with Gasteiger partial charge in [0.1, 0.15) is 0 Å². The molecule has 0 heterocycles. The van der Waals surface area contributed by atoms with Crippen LogP contribution in [-0.4, -0.2) is 57.5 Å². The Kier molecular flexibility index (Phi) is 7.15. The molecule has 0 bridgehead atoms. The maximum Gasteiger partial charge on any atom is 0.335 e. The maximum absolute atomic E-state index is 5.66. The first-order valence-corrected chi connectivity index (χ1v) is 6.18. The quantitative estimate of drug-likeness (QED) is 0.450. The first kappa shape index (κ1) is 15.8. The Labute approximate surface area is 100 Å². The van der Waals surface area contributed by atoms with E-state index in [1.54, 1.807) is 7.11 Å². The van der Waals surface area contributed by atoms with Crippen molar-refractivity contribution in [2.45, 2.75) is 33.7 Å². The van der Waals surface area contributed by atoms with Gasteiger partial charge in [0.25, 0.3) is 0 Å². The van der Waals surface area contributed by atoms with E-state index >= 15 is 0 Å². The lowest BCUT2D eigenvalue weighted by molar-refractivity contribution is -0.920. The number of rotatable bonds is 9. The molecule has 98 valence electrons. The van der Waals surface area contributed by atoms with Crippen LogP contribution in [0.25, 0.3) is 0 Å². The molecule has 0 aromatic carbocycles. The molecule has 0 unspecified atom stereocenters. The lowest BCUT2D eigenvalue weighted by atomic mass is 10.3. The summed E-state index contributed by atoms with van der Waals surface area (Å²) in [4.78, 5) is 0. The predicted molar refractivity (Wildman–Crippen MR) is 65.1 cm³/mol. The van der Waals surface area contributed by atoms with Gasteiger partial charge in [0.2, 0.25) is 0 Å². The summed E-state index contributed by atoms with van der Waals surface area (Å²) < 4.78 is 17.6. The normalized spacial score (nSPS) is 13.1. The van der Waals surface area contributed by atoms with Crippen LogP contribution in [0, 0.1) is 0 Å². The Morgan fingerprint density at radius 2 is 1.38 bits per heavy atom. The Hall–Kier alpha value is -0.160. The topological polar surface area (TPSA) is 27.7 Å². The fourth-order valence-electron chi connectivity index (χ4n) is 1.67. The van der Waals surface area contributed by atoms with E-state index in [-0.39, 0.29) is 0 Å². The van der Waals surface area contributed by atoms with Crippen LogP contribution in [0.4, 0.5) is 0 Å². The molecule has 4 nitrogen and oxygen atoms in total. The first-order valence-electron chi connectivity index (χ1n) is 6.18. The predicted octanol–water partition coefficient (Wildman–Crippen LogP) is 1.85. The molecule has 0 aliphatic rings. The molecule has 0 saturated carbocycles. The van der Waals surface area contributed by atoms with Crippen molar-refractivity contribution in [3.8, 4) is 0 Å². The highest BCUT2D eigenvalue weighted by Gasteiger charge is 2.40. The third-order valence-electron chi connectivity index (χ3n) is 3.14. The summed E-state index contributed by atoms with van der Waals surface area (Å²) >= 11 is 0. The molecule has 0 aromatic rings. The highest BCUT2D eigenvalue weighted by Crippen LogP contribution is 2.20. The number of nitrogens with zero attached hydrogens (tertiary/aromatic N) is 1. The molecule has 0 aromatic heterocycles. The highest BCUT2D eigenvalue weighted by atomic mass is 16.9. The van der Waals surface area contributed by atoms with Gasteiger partial charge in [-0.2, -0.15) is 0 Å². The Morgan fingerprint density at radius 3 is 1.62 bits per heavy atom. The summed E-state index contributed by atoms with van der Waals surface area (Å²) in [5.74, 6) is -0.899. The smallest absolute Gasteiger partial charge is 0.326 e. The molecule has 0 atom stereocenters. The van der Waals surface area contributed by atoms with Gasteiger partial charge >= 0.3 is 5.97 Å². The van der Waals surface area contributed by atoms with E-state index in [9.17, 15) is 0 Å². The van der Waals surface area contributed by atoms with E-state index in [2.05, 4.69) is 20.9 Å². The minimum Gasteiger partial charge on any atom is -0.326 e. The number of hydrogen-bond acceptors (Lipinski definition) is 3. The van der Waals surface area contributed by atoms with Gasteiger partial charge in [-0.25, -0.2) is 0 Å². The molecule has 16 heavy (non-hydrogen) atoms. The largest absolute Gasteiger partial charge is 0.335 e. The third kappa shape index (κ3) is 4.37. The molecular weight excluding hydrogens is 206 g/mol. The molecule has 0 aliphatic carbocycles. The molecule has 0 aliphatic heterocycles. The Balaban J connectivity index is 4.73. The summed E-state index contributed by atoms with van der Waals surface area (Å²) in [5, 5.41) is 0. The minimum absolute atomic E-state index is 0.585. The van der Waals surface area contributed by atoms with E-state index in [1.165, 1.54) is 0 Å². The second-order valence-corrected chi connectivity index (χ2v) is 4.16. The fraction of sp³-hybridized carbons (Fsp3) is 1.00. The molecule has 0 amide bonds. The zero-order valence-electron chi connectivity index (χ0n) is 11.7. The molecule has 0 fully saturated rings. The average Bonchev–Trinajstić information content (AvgIpc) is 2.29. The second kappa shape index (κ2) is 7.22. The van der Waals surface area contributed by atoms with Gasteiger partial charge < -0.3 is 18.7 Å². The van der Waals surface area contributed by atoms with E-state index in [0.29, 0.717) is 19.8 Å². The van der Waals surface area contributed by atoms with Crippen molar-refractivity contribution in [3.63, 3.8) is 0 Å². The van der Waals surface area contributed by atoms with Gasteiger partial charge in [-0.3, -0.25) is 0 Å². The SMILES string of the molecule is CCOC(C[N+](C)(CC)CC)(OC)OCC. The molecule has 0 spiro atoms. The van der Waals surface area contributed by atoms with Crippen LogP contribution in [0.15, 0.2) is 0 Å². The second-order valence-electron chi connectivity index (χ2n) is 4.16. The van der Waals surface area contributed by atoms with Crippen LogP contribution in [-0.2, 0) is 14.2 Å². The fourth-order valence-corrected chi connectivity index (χ4v) is 1.67. The monoisotopic (exact) mass is 234 g/mol. The number of hydrogen-bond donors (Lipinski definition) is 0. The van der Waals surface area contributed by atoms with Gasteiger partial charge in [0, 0.05) is 20.3 Å². The van der Waals surface area contributed by atoms with Crippen molar-refractivity contribution in [1.29, 1.82) is 0 Å². The van der Waals surface area contributed by atoms with E-state index in [1.807, 2.05) is 13.8 Å². The van der Waals surface area contributed by atoms with E-state index < -0.39 is 5.97 Å². The Morgan fingerprint density at radius 1 is 0.938 bits per heavy atom. The summed E-state index contributed by atoms with van der Waals surface area (Å²) in [7, 11) is 3.83. The van der Waals surface area contributed by atoms with E-state index in [4.69, 9.17) is 14.2 Å². The molecule has 0 N–H and O–H groups in total. The molecule has 0 saturated heterocycles. The van der Waals surface area contributed by atoms with Crippen molar-refractivity contribution in [1.82, 2.24) is 0 Å². The highest BCUT2D eigenvalue weighted by molar-refractivity contribution is 4.56. The summed E-state index contributed by atoms with van der Waals surface area (Å²) in [6.45, 7) is 12.2. The van der Waals surface area contributed by atoms with Crippen LogP contribution in [0.2, 0.25) is 0 Å². The first-order chi connectivity index (χ1) is 7.51. The van der Waals surface area contributed by atoms with Gasteiger partial charge in [-0.1, -0.05) is 0 Å². The zero-order chi connectivity index (χ0) is 12.7. The average molecular weight is 234 g/mol. The number of ether oxygens (including phenoxy) is 3. The maximum atomic E-state index is 5.66. The molecular formula is C12H28NO3+. The summed E-state index contributed by atoms with van der Waals surface area (Å²) in [6.07, 6.45) is 0. The van der Waals surface area contributed by atoms with Crippen LogP contribution < -0.4 is 0 Å². The van der Waals surface area contributed by atoms with Crippen LogP contribution in [0.1, 0.15) is 27.7 Å². The van der Waals surface area contributed by atoms with Gasteiger partial charge in [0.05, 0.1) is 20.1 Å². The molecule has 0 rings (SSSR count). The summed E-state index contributed by atoms with van der Waals surface area (Å²) in [6, 6.07) is 0. The lowest BCUT2D eigenvalue weighted by Crippen LogP contribution is -2.57. The standard InChI is InChI=1S/C12H28NO3/c1-7-13(5,8-2)11-12(14-6,15-9-3)16-10-4/h7-11H2,1-6H3/q+1. The zero-order valence-corrected chi connectivity index (χ0v) is 11.7.